The van der Waals surface area contributed by atoms with Crippen molar-refractivity contribution < 1.29 is 0 Å². The van der Waals surface area contributed by atoms with Crippen molar-refractivity contribution in [3.8, 4) is 0 Å². The number of nitrogens with two attached hydrogens (primary N) is 1. The van der Waals surface area contributed by atoms with Gasteiger partial charge in [0, 0.05) is 19.4 Å². The van der Waals surface area contributed by atoms with Gasteiger partial charge in [0.05, 0.1) is 5.69 Å². The zero-order chi connectivity index (χ0) is 12.4. The quantitative estimate of drug-likeness (QED) is 0.622. The largest absolute Gasteiger partial charge is 0.270 e. The highest BCUT2D eigenvalue weighted by Gasteiger charge is 2.22. The highest BCUT2D eigenvalue weighted by Crippen LogP contribution is 2.23. The molecule has 0 amide bonds. The lowest BCUT2D eigenvalue weighted by atomic mass is 10.2. The molecular weight excluding hydrogens is 286 g/mol. The molecule has 3 N–H and O–H groups in total. The molecule has 1 unspecified atom stereocenters. The van der Waals surface area contributed by atoms with E-state index in [1.54, 1.807) is 24.1 Å². The van der Waals surface area contributed by atoms with Crippen LogP contribution in [0.25, 0.3) is 0 Å². The topological polar surface area (TPSA) is 94.5 Å². The fraction of sp³-hybridized carbons (Fsp3) is 0.333. The summed E-state index contributed by atoms with van der Waals surface area (Å²) in [6.07, 6.45) is 3.48. The van der Waals surface area contributed by atoms with E-state index in [1.165, 1.54) is 0 Å². The predicted octanol–water partition coefficient (Wildman–Crippen LogP) is 0.229. The molecule has 2 rings (SSSR count). The van der Waals surface area contributed by atoms with E-state index in [1.807, 2.05) is 6.92 Å². The molecule has 17 heavy (non-hydrogen) atoms. The van der Waals surface area contributed by atoms with Crippen LogP contribution in [0.3, 0.4) is 0 Å². The van der Waals surface area contributed by atoms with Gasteiger partial charge in [-0.2, -0.15) is 0 Å². The fourth-order valence-corrected chi connectivity index (χ4v) is 2.03. The van der Waals surface area contributed by atoms with Crippen molar-refractivity contribution in [2.24, 2.45) is 12.9 Å². The van der Waals surface area contributed by atoms with Crippen molar-refractivity contribution in [1.29, 1.82) is 0 Å². The Morgan fingerprint density at radius 1 is 1.41 bits per heavy atom. The van der Waals surface area contributed by atoms with Crippen LogP contribution in [0.5, 0.6) is 0 Å². The number of hydrogen-bond acceptors (Lipinski definition) is 6. The molecule has 0 aliphatic carbocycles. The summed E-state index contributed by atoms with van der Waals surface area (Å²) in [5.41, 5.74) is 4.43. The molecule has 0 aliphatic rings. The van der Waals surface area contributed by atoms with Gasteiger partial charge >= 0.3 is 0 Å². The van der Waals surface area contributed by atoms with E-state index < -0.39 is 0 Å². The summed E-state index contributed by atoms with van der Waals surface area (Å²) in [6.45, 7) is 1.93. The van der Waals surface area contributed by atoms with Crippen molar-refractivity contribution >= 4 is 15.9 Å². The summed E-state index contributed by atoms with van der Waals surface area (Å²) in [7, 11) is 1.78. The maximum atomic E-state index is 5.55. The second-order valence-corrected chi connectivity index (χ2v) is 4.36. The molecule has 0 saturated heterocycles. The third kappa shape index (κ3) is 2.33. The van der Waals surface area contributed by atoms with Crippen molar-refractivity contribution in [3.05, 3.63) is 34.1 Å². The smallest absolute Gasteiger partial charge is 0.153 e. The molecule has 0 fully saturated rings. The first kappa shape index (κ1) is 12.1. The molecule has 2 aromatic heterocycles. The number of nitrogens with zero attached hydrogens (tertiary/aromatic N) is 5. The summed E-state index contributed by atoms with van der Waals surface area (Å²) in [5.74, 6) is 6.13. The molecule has 0 aromatic carbocycles. The average Bonchev–Trinajstić information content (AvgIpc) is 2.64. The summed E-state index contributed by atoms with van der Waals surface area (Å²) in [4.78, 5) is 8.49. The van der Waals surface area contributed by atoms with Crippen LogP contribution in [0, 0.1) is 6.92 Å². The van der Waals surface area contributed by atoms with E-state index in [-0.39, 0.29) is 6.04 Å². The van der Waals surface area contributed by atoms with Gasteiger partial charge in [-0.15, -0.1) is 5.10 Å². The van der Waals surface area contributed by atoms with E-state index in [4.69, 9.17) is 5.84 Å². The average molecular weight is 298 g/mol. The highest BCUT2D eigenvalue weighted by atomic mass is 79.9. The summed E-state index contributed by atoms with van der Waals surface area (Å²) in [5, 5.41) is 7.80. The van der Waals surface area contributed by atoms with E-state index in [9.17, 15) is 0 Å². The van der Waals surface area contributed by atoms with E-state index in [2.05, 4.69) is 41.6 Å². The van der Waals surface area contributed by atoms with Crippen LogP contribution in [0.2, 0.25) is 0 Å². The maximum absolute atomic E-state index is 5.55. The van der Waals surface area contributed by atoms with Crippen molar-refractivity contribution in [1.82, 2.24) is 30.4 Å². The second-order valence-electron chi connectivity index (χ2n) is 3.61. The Morgan fingerprint density at radius 3 is 2.53 bits per heavy atom. The minimum atomic E-state index is -0.357. The lowest BCUT2D eigenvalue weighted by Gasteiger charge is -2.14. The number of hydrogen-bond donors (Lipinski definition) is 2. The maximum Gasteiger partial charge on any atom is 0.153 e. The van der Waals surface area contributed by atoms with Gasteiger partial charge in [0.2, 0.25) is 0 Å². The molecule has 0 spiro atoms. The SMILES string of the molecule is Cc1cnc(C(NN)c2c(Br)nnn2C)nc1. The highest BCUT2D eigenvalue weighted by molar-refractivity contribution is 9.10. The molecule has 0 aliphatic heterocycles. The molecule has 2 heterocycles. The lowest BCUT2D eigenvalue weighted by Crippen LogP contribution is -2.32. The zero-order valence-electron chi connectivity index (χ0n) is 9.42. The second kappa shape index (κ2) is 4.86. The molecule has 0 radical (unpaired) electrons. The molecular formula is C9H12BrN7. The van der Waals surface area contributed by atoms with E-state index >= 15 is 0 Å². The van der Waals surface area contributed by atoms with Gasteiger partial charge in [0.25, 0.3) is 0 Å². The van der Waals surface area contributed by atoms with Crippen molar-refractivity contribution in [2.75, 3.05) is 0 Å². The molecule has 7 nitrogen and oxygen atoms in total. The molecule has 2 aromatic rings. The van der Waals surface area contributed by atoms with Crippen LogP contribution in [0.1, 0.15) is 23.1 Å². The number of aryl methyl sites for hydroxylation is 2. The Bertz CT molecular complexity index is 487. The number of rotatable bonds is 3. The summed E-state index contributed by atoms with van der Waals surface area (Å²) >= 11 is 3.32. The standard InChI is InChI=1S/C9H12BrN7/c1-5-3-12-9(13-4-5)6(14-11)7-8(10)15-16-17(7)2/h3-4,6,14H,11H2,1-2H3. The van der Waals surface area contributed by atoms with Gasteiger partial charge in [0.15, 0.2) is 10.4 Å². The number of nitrogens with one attached hydrogen (secondary N) is 1. The monoisotopic (exact) mass is 297 g/mol. The normalized spacial score (nSPS) is 12.7. The van der Waals surface area contributed by atoms with Crippen LogP contribution in [-0.2, 0) is 7.05 Å². The van der Waals surface area contributed by atoms with Gasteiger partial charge < -0.3 is 0 Å². The fourth-order valence-electron chi connectivity index (χ4n) is 1.47. The van der Waals surface area contributed by atoms with E-state index in [0.717, 1.165) is 11.3 Å². The third-order valence-corrected chi connectivity index (χ3v) is 2.89. The van der Waals surface area contributed by atoms with Gasteiger partial charge in [-0.1, -0.05) is 5.21 Å². The van der Waals surface area contributed by atoms with Crippen LogP contribution < -0.4 is 11.3 Å². The Balaban J connectivity index is 2.43. The first-order valence-electron chi connectivity index (χ1n) is 4.93. The summed E-state index contributed by atoms with van der Waals surface area (Å²) in [6, 6.07) is -0.357. The number of hydrazine groups is 1. The minimum absolute atomic E-state index is 0.357. The van der Waals surface area contributed by atoms with Crippen LogP contribution in [0.4, 0.5) is 0 Å². The molecule has 90 valence electrons. The van der Waals surface area contributed by atoms with Gasteiger partial charge in [-0.05, 0) is 28.4 Å². The lowest BCUT2D eigenvalue weighted by molar-refractivity contribution is 0.545. The van der Waals surface area contributed by atoms with Crippen LogP contribution >= 0.6 is 15.9 Å². The molecule has 0 saturated carbocycles. The molecule has 0 bridgehead atoms. The van der Waals surface area contributed by atoms with Crippen LogP contribution in [-0.4, -0.2) is 25.0 Å². The van der Waals surface area contributed by atoms with Crippen molar-refractivity contribution in [3.63, 3.8) is 0 Å². The Hall–Kier alpha value is -1.38. The van der Waals surface area contributed by atoms with Gasteiger partial charge in [-0.25, -0.2) is 20.1 Å². The number of aromatic nitrogens is 5. The van der Waals surface area contributed by atoms with Crippen LogP contribution in [0.15, 0.2) is 17.0 Å². The zero-order valence-corrected chi connectivity index (χ0v) is 11.0. The molecule has 1 atom stereocenters. The Kier molecular flexibility index (Phi) is 3.46. The predicted molar refractivity (Wildman–Crippen MR) is 64.6 cm³/mol. The number of halogens is 1. The first-order chi connectivity index (χ1) is 8.13. The third-order valence-electron chi connectivity index (χ3n) is 2.33. The Morgan fingerprint density at radius 2 is 2.06 bits per heavy atom. The minimum Gasteiger partial charge on any atom is -0.270 e. The van der Waals surface area contributed by atoms with Gasteiger partial charge in [-0.3, -0.25) is 5.84 Å². The summed E-state index contributed by atoms with van der Waals surface area (Å²) < 4.78 is 2.24. The molecule has 8 heteroatoms. The van der Waals surface area contributed by atoms with Gasteiger partial charge in [0.1, 0.15) is 6.04 Å². The van der Waals surface area contributed by atoms with E-state index in [0.29, 0.717) is 10.4 Å². The first-order valence-corrected chi connectivity index (χ1v) is 5.72. The Labute approximate surface area is 107 Å². The van der Waals surface area contributed by atoms with Crippen molar-refractivity contribution in [2.45, 2.75) is 13.0 Å².